The van der Waals surface area contributed by atoms with Crippen LogP contribution >= 0.6 is 11.6 Å². The molecular weight excluding hydrogens is 536 g/mol. The van der Waals surface area contributed by atoms with Gasteiger partial charge >= 0.3 is 5.69 Å². The van der Waals surface area contributed by atoms with Crippen molar-refractivity contribution in [2.45, 2.75) is 39.6 Å². The normalized spacial score (nSPS) is 17.4. The summed E-state index contributed by atoms with van der Waals surface area (Å²) < 4.78 is 41.6. The Kier molecular flexibility index (Phi) is 6.17. The zero-order valence-electron chi connectivity index (χ0n) is 28.1. The highest BCUT2D eigenvalue weighted by Crippen LogP contribution is 2.36. The number of amides is 1. The Morgan fingerprint density at radius 1 is 1.24 bits per heavy atom. The molecule has 4 aromatic rings. The molecule has 0 unspecified atom stereocenters. The highest BCUT2D eigenvalue weighted by Gasteiger charge is 2.30. The van der Waals surface area contributed by atoms with Crippen LogP contribution in [0.1, 0.15) is 50.4 Å². The van der Waals surface area contributed by atoms with Crippen molar-refractivity contribution in [3.8, 4) is 16.9 Å². The number of halogens is 1. The van der Waals surface area contributed by atoms with E-state index in [4.69, 9.17) is 23.4 Å². The van der Waals surface area contributed by atoms with Crippen LogP contribution in [0.25, 0.3) is 34.1 Å². The van der Waals surface area contributed by atoms with Crippen LogP contribution in [0.5, 0.6) is 0 Å². The number of pyridine rings is 2. The minimum atomic E-state index is -2.60. The topological polar surface area (TPSA) is 84.2 Å². The van der Waals surface area contributed by atoms with Crippen molar-refractivity contribution in [3.05, 3.63) is 94.1 Å². The van der Waals surface area contributed by atoms with Crippen molar-refractivity contribution in [3.63, 3.8) is 0 Å². The van der Waals surface area contributed by atoms with Crippen LogP contribution in [0.2, 0.25) is 5.02 Å². The Morgan fingerprint density at radius 2 is 2.05 bits per heavy atom. The van der Waals surface area contributed by atoms with Crippen LogP contribution in [0, 0.1) is 6.85 Å². The smallest absolute Gasteiger partial charge is 0.350 e. The summed E-state index contributed by atoms with van der Waals surface area (Å²) in [4.78, 5) is 44.1. The van der Waals surface area contributed by atoms with E-state index >= 15 is 0 Å². The number of benzene rings is 1. The van der Waals surface area contributed by atoms with E-state index in [0.717, 1.165) is 0 Å². The summed E-state index contributed by atoms with van der Waals surface area (Å²) in [6.07, 6.45) is 4.04. The van der Waals surface area contributed by atoms with Gasteiger partial charge in [-0.1, -0.05) is 68.9 Å². The summed E-state index contributed by atoms with van der Waals surface area (Å²) in [6, 6.07) is 9.77. The minimum Gasteiger partial charge on any atom is -0.350 e. The Morgan fingerprint density at radius 3 is 2.76 bits per heavy atom. The van der Waals surface area contributed by atoms with Crippen molar-refractivity contribution in [1.82, 2.24) is 24.4 Å². The van der Waals surface area contributed by atoms with Crippen LogP contribution < -0.4 is 10.6 Å². The molecule has 8 nitrogen and oxygen atoms in total. The fourth-order valence-corrected chi connectivity index (χ4v) is 5.54. The lowest BCUT2D eigenvalue weighted by Gasteiger charge is -2.40. The van der Waals surface area contributed by atoms with E-state index in [1.165, 1.54) is 29.0 Å². The molecule has 41 heavy (non-hydrogen) atoms. The average molecular weight is 574 g/mol. The van der Waals surface area contributed by atoms with Crippen LogP contribution in [0.15, 0.2) is 66.6 Å². The van der Waals surface area contributed by atoms with Gasteiger partial charge in [-0.2, -0.15) is 4.98 Å². The molecule has 1 atom stereocenters. The average Bonchev–Trinajstić information content (AvgIpc) is 2.99. The van der Waals surface area contributed by atoms with Crippen molar-refractivity contribution in [2.24, 2.45) is 0 Å². The van der Waals surface area contributed by atoms with Gasteiger partial charge in [0.15, 0.2) is 5.65 Å². The highest BCUT2D eigenvalue weighted by atomic mass is 35.5. The number of carbonyl (C=O) groups is 1. The van der Waals surface area contributed by atoms with Crippen molar-refractivity contribution >= 4 is 40.4 Å². The Hall–Kier alpha value is -4.30. The second-order valence-electron chi connectivity index (χ2n) is 10.3. The third-order valence-corrected chi connectivity index (χ3v) is 7.57. The van der Waals surface area contributed by atoms with Crippen LogP contribution in [-0.2, 0) is 4.79 Å². The van der Waals surface area contributed by atoms with Crippen molar-refractivity contribution in [2.75, 3.05) is 24.5 Å². The van der Waals surface area contributed by atoms with Gasteiger partial charge in [-0.25, -0.2) is 14.3 Å². The van der Waals surface area contributed by atoms with E-state index < -0.39 is 19.1 Å². The number of fused-ring (bicyclic) bond motifs is 1. The number of nitrogens with zero attached hydrogens (tertiary/aromatic N) is 6. The van der Waals surface area contributed by atoms with Gasteiger partial charge < -0.3 is 9.80 Å². The van der Waals surface area contributed by atoms with Gasteiger partial charge in [0, 0.05) is 41.5 Å². The Bertz CT molecular complexity index is 1940. The van der Waals surface area contributed by atoms with E-state index in [9.17, 15) is 9.59 Å². The van der Waals surface area contributed by atoms with E-state index in [-0.39, 0.29) is 45.5 Å². The number of carbonyl (C=O) groups excluding carboxylic acids is 1. The number of aromatic nitrogens is 4. The van der Waals surface area contributed by atoms with Gasteiger partial charge in [0.05, 0.1) is 30.2 Å². The number of aryl methyl sites for hydroxylation is 1. The number of piperazine rings is 1. The first kappa shape index (κ1) is 22.4. The third-order valence-electron chi connectivity index (χ3n) is 7.28. The third kappa shape index (κ3) is 5.04. The van der Waals surface area contributed by atoms with Gasteiger partial charge in [0.25, 0.3) is 0 Å². The lowest BCUT2D eigenvalue weighted by Crippen LogP contribution is -2.54. The van der Waals surface area contributed by atoms with Crippen LogP contribution in [-0.4, -0.2) is 56.0 Å². The maximum Gasteiger partial charge on any atom is 0.355 e. The molecule has 0 aliphatic carbocycles. The standard InChI is InChI=1S/C32H33ClN6O2/c1-7-22-11-9-10-12-23(22)28-25(33)17-24-30(38-16-15-37(18-21(38)6)26(40)8-2)36-32(41)39(31(24)35-28)29-20(5)13-14-34-27(29)19(3)4/h7-14,17,19,21H,1-2,15-16,18H2,3-6H3/t21-/m0/s1/i1D2,5D3. The zero-order chi connectivity index (χ0) is 33.5. The van der Waals surface area contributed by atoms with E-state index in [0.29, 0.717) is 47.7 Å². The lowest BCUT2D eigenvalue weighted by molar-refractivity contribution is -0.126. The van der Waals surface area contributed by atoms with Gasteiger partial charge in [0.2, 0.25) is 5.91 Å². The molecule has 4 heterocycles. The molecule has 0 saturated carbocycles. The first-order valence-electron chi connectivity index (χ1n) is 15.8. The number of hydrogen-bond donors (Lipinski definition) is 0. The molecule has 210 valence electrons. The Balaban J connectivity index is 1.88. The molecule has 1 fully saturated rings. The fraction of sp³-hybridized carbons (Fsp3) is 0.281. The highest BCUT2D eigenvalue weighted by molar-refractivity contribution is 6.34. The lowest BCUT2D eigenvalue weighted by atomic mass is 10.0. The molecule has 0 bridgehead atoms. The van der Waals surface area contributed by atoms with Crippen LogP contribution in [0.3, 0.4) is 0 Å². The molecule has 9 heteroatoms. The SMILES string of the molecule is [2H]C([2H])=Cc1ccccc1-c1nc2c(cc1Cl)c(N1CCN(C(=O)C=C)C[C@@H]1C)nc(=O)n2-c1c(C([2H])([2H])[2H])ccnc1C(C)C. The number of rotatable bonds is 6. The van der Waals surface area contributed by atoms with Crippen LogP contribution in [0.4, 0.5) is 5.82 Å². The molecular formula is C32H33ClN6O2. The maximum absolute atomic E-state index is 14.2. The number of hydrogen-bond acceptors (Lipinski definition) is 6. The van der Waals surface area contributed by atoms with Crippen molar-refractivity contribution < 1.29 is 11.6 Å². The van der Waals surface area contributed by atoms with Gasteiger partial charge in [0.1, 0.15) is 5.82 Å². The molecule has 3 aromatic heterocycles. The summed E-state index contributed by atoms with van der Waals surface area (Å²) in [5.74, 6) is -0.159. The Labute approximate surface area is 251 Å². The monoisotopic (exact) mass is 573 g/mol. The molecule has 1 amide bonds. The predicted molar refractivity (Wildman–Crippen MR) is 166 cm³/mol. The predicted octanol–water partition coefficient (Wildman–Crippen LogP) is 5.79. The summed E-state index contributed by atoms with van der Waals surface area (Å²) in [5.41, 5.74) is 1.04. The fourth-order valence-electron chi connectivity index (χ4n) is 5.28. The molecule has 1 saturated heterocycles. The zero-order valence-corrected chi connectivity index (χ0v) is 23.8. The summed E-state index contributed by atoms with van der Waals surface area (Å²) in [7, 11) is 0. The summed E-state index contributed by atoms with van der Waals surface area (Å²) >= 11 is 6.92. The second kappa shape index (κ2) is 11.3. The van der Waals surface area contributed by atoms with E-state index in [1.54, 1.807) is 35.2 Å². The molecule has 0 N–H and O–H groups in total. The second-order valence-corrected chi connectivity index (χ2v) is 10.7. The van der Waals surface area contributed by atoms with E-state index in [1.807, 2.05) is 25.7 Å². The van der Waals surface area contributed by atoms with Gasteiger partial charge in [-0.15, -0.1) is 0 Å². The molecule has 1 aliphatic rings. The van der Waals surface area contributed by atoms with Crippen molar-refractivity contribution in [1.29, 1.82) is 0 Å². The maximum atomic E-state index is 14.2. The summed E-state index contributed by atoms with van der Waals surface area (Å²) in [5, 5.41) is 0.617. The molecule has 0 spiro atoms. The molecule has 1 aliphatic heterocycles. The van der Waals surface area contributed by atoms with Gasteiger partial charge in [-0.05, 0) is 49.0 Å². The van der Waals surface area contributed by atoms with E-state index in [2.05, 4.69) is 16.5 Å². The largest absolute Gasteiger partial charge is 0.355 e. The molecule has 0 radical (unpaired) electrons. The minimum absolute atomic E-state index is 0.0783. The quantitative estimate of drug-likeness (QED) is 0.271. The number of anilines is 1. The summed E-state index contributed by atoms with van der Waals surface area (Å²) in [6.45, 7) is 7.28. The molecule has 1 aromatic carbocycles. The van der Waals surface area contributed by atoms with Gasteiger partial charge in [-0.3, -0.25) is 9.78 Å². The molecule has 5 rings (SSSR count). The first-order valence-corrected chi connectivity index (χ1v) is 13.7. The first-order chi connectivity index (χ1) is 21.7.